The maximum absolute atomic E-state index is 5.67. The van der Waals surface area contributed by atoms with Crippen LogP contribution >= 0.6 is 0 Å². The molecule has 0 unspecified atom stereocenters. The molecule has 2 aliphatic rings. The van der Waals surface area contributed by atoms with E-state index in [1.54, 1.807) is 0 Å². The Hall–Kier alpha value is -2.04. The monoisotopic (exact) mass is 298 g/mol. The normalized spacial score (nSPS) is 17.7. The van der Waals surface area contributed by atoms with E-state index in [2.05, 4.69) is 44.3 Å². The fraction of sp³-hybridized carbons (Fsp3) is 0.529. The van der Waals surface area contributed by atoms with Gasteiger partial charge in [-0.3, -0.25) is 0 Å². The number of anilines is 2. The topological polar surface area (TPSA) is 45.4 Å². The molecule has 0 spiro atoms. The van der Waals surface area contributed by atoms with Gasteiger partial charge in [0, 0.05) is 26.1 Å². The van der Waals surface area contributed by atoms with Crippen LogP contribution in [0.2, 0.25) is 0 Å². The molecule has 116 valence electrons. The first-order chi connectivity index (χ1) is 10.8. The summed E-state index contributed by atoms with van der Waals surface area (Å²) < 4.78 is 5.67. The van der Waals surface area contributed by atoms with Crippen LogP contribution in [-0.4, -0.2) is 29.8 Å². The molecular weight excluding hydrogens is 276 g/mol. The molecule has 1 saturated carbocycles. The van der Waals surface area contributed by atoms with Gasteiger partial charge >= 0.3 is 0 Å². The Morgan fingerprint density at radius 1 is 1.05 bits per heavy atom. The molecule has 0 N–H and O–H groups in total. The van der Waals surface area contributed by atoms with E-state index in [9.17, 15) is 0 Å². The summed E-state index contributed by atoms with van der Waals surface area (Å²) in [6, 6.07) is 8.67. The van der Waals surface area contributed by atoms with Gasteiger partial charge in [-0.25, -0.2) is 0 Å². The predicted molar refractivity (Wildman–Crippen MR) is 86.1 cm³/mol. The summed E-state index contributed by atoms with van der Waals surface area (Å²) in [4.78, 5) is 4.89. The van der Waals surface area contributed by atoms with E-state index >= 15 is 0 Å². The minimum Gasteiger partial charge on any atom is -0.423 e. The van der Waals surface area contributed by atoms with Crippen LogP contribution in [-0.2, 0) is 13.0 Å². The van der Waals surface area contributed by atoms with Crippen LogP contribution in [0.25, 0.3) is 0 Å². The molecule has 1 fully saturated rings. The Labute approximate surface area is 130 Å². The van der Waals surface area contributed by atoms with E-state index in [1.165, 1.54) is 30.8 Å². The molecule has 0 atom stereocenters. The zero-order valence-corrected chi connectivity index (χ0v) is 13.0. The lowest BCUT2D eigenvalue weighted by molar-refractivity contribution is 0.448. The third-order valence-corrected chi connectivity index (χ3v) is 4.52. The maximum Gasteiger partial charge on any atom is 0.235 e. The van der Waals surface area contributed by atoms with Crippen molar-refractivity contribution < 1.29 is 4.42 Å². The zero-order valence-electron chi connectivity index (χ0n) is 13.0. The molecule has 1 aromatic heterocycles. The number of hydrogen-bond donors (Lipinski definition) is 0. The van der Waals surface area contributed by atoms with Crippen molar-refractivity contribution in [3.8, 4) is 0 Å². The van der Waals surface area contributed by atoms with Crippen LogP contribution in [0.1, 0.15) is 31.5 Å². The quantitative estimate of drug-likeness (QED) is 0.849. The van der Waals surface area contributed by atoms with Gasteiger partial charge in [-0.1, -0.05) is 19.1 Å². The molecular formula is C17H22N4O. The Balaban J connectivity index is 1.55. The Bertz CT molecular complexity index is 650. The van der Waals surface area contributed by atoms with E-state index in [-0.39, 0.29) is 0 Å². The van der Waals surface area contributed by atoms with E-state index in [0.29, 0.717) is 12.4 Å². The first kappa shape index (κ1) is 13.6. The fourth-order valence-electron chi connectivity index (χ4n) is 3.11. The Morgan fingerprint density at radius 2 is 1.73 bits per heavy atom. The van der Waals surface area contributed by atoms with Crippen molar-refractivity contribution in [3.05, 3.63) is 36.0 Å². The van der Waals surface area contributed by atoms with Crippen molar-refractivity contribution in [2.75, 3.05) is 29.4 Å². The lowest BCUT2D eigenvalue weighted by Gasteiger charge is -2.38. The molecule has 1 aromatic carbocycles. The third-order valence-electron chi connectivity index (χ3n) is 4.52. The van der Waals surface area contributed by atoms with Gasteiger partial charge in [0.15, 0.2) is 0 Å². The van der Waals surface area contributed by atoms with Crippen molar-refractivity contribution in [3.63, 3.8) is 0 Å². The fourth-order valence-corrected chi connectivity index (χ4v) is 3.11. The summed E-state index contributed by atoms with van der Waals surface area (Å²) in [5.41, 5.74) is 2.63. The number of nitrogens with zero attached hydrogens (tertiary/aromatic N) is 4. The summed E-state index contributed by atoms with van der Waals surface area (Å²) in [6.45, 7) is 6.01. The van der Waals surface area contributed by atoms with Gasteiger partial charge in [-0.15, -0.1) is 10.2 Å². The SMILES string of the molecule is CCc1nnc(CN2CCN(CC3CC3)c3ccccc32)o1. The van der Waals surface area contributed by atoms with Gasteiger partial charge in [-0.2, -0.15) is 0 Å². The van der Waals surface area contributed by atoms with E-state index in [0.717, 1.165) is 31.3 Å². The van der Waals surface area contributed by atoms with Gasteiger partial charge in [0.25, 0.3) is 0 Å². The molecule has 5 heteroatoms. The zero-order chi connectivity index (χ0) is 14.9. The molecule has 2 aromatic rings. The van der Waals surface area contributed by atoms with Crippen LogP contribution in [0.5, 0.6) is 0 Å². The third kappa shape index (κ3) is 2.67. The lowest BCUT2D eigenvalue weighted by Crippen LogP contribution is -2.41. The largest absolute Gasteiger partial charge is 0.423 e. The standard InChI is InChI=1S/C17H22N4O/c1-2-16-18-19-17(22-16)12-21-10-9-20(11-13-7-8-13)14-5-3-4-6-15(14)21/h3-6,13H,2,7-12H2,1H3. The van der Waals surface area contributed by atoms with Crippen LogP contribution in [0, 0.1) is 5.92 Å². The van der Waals surface area contributed by atoms with Crippen molar-refractivity contribution in [1.82, 2.24) is 10.2 Å². The number of para-hydroxylation sites is 2. The van der Waals surface area contributed by atoms with E-state index in [4.69, 9.17) is 4.42 Å². The summed E-state index contributed by atoms with van der Waals surface area (Å²) in [6.07, 6.45) is 3.58. The number of fused-ring (bicyclic) bond motifs is 1. The second kappa shape index (κ2) is 5.63. The Morgan fingerprint density at radius 3 is 2.41 bits per heavy atom. The van der Waals surface area contributed by atoms with Crippen LogP contribution in [0.3, 0.4) is 0 Å². The highest BCUT2D eigenvalue weighted by molar-refractivity contribution is 5.73. The van der Waals surface area contributed by atoms with Crippen LogP contribution < -0.4 is 9.80 Å². The molecule has 1 aliphatic heterocycles. The van der Waals surface area contributed by atoms with E-state index in [1.807, 2.05) is 6.92 Å². The summed E-state index contributed by atoms with van der Waals surface area (Å²) in [7, 11) is 0. The highest BCUT2D eigenvalue weighted by Crippen LogP contribution is 2.37. The van der Waals surface area contributed by atoms with Crippen molar-refractivity contribution in [2.45, 2.75) is 32.7 Å². The smallest absolute Gasteiger partial charge is 0.235 e. The molecule has 0 radical (unpaired) electrons. The van der Waals surface area contributed by atoms with Crippen molar-refractivity contribution >= 4 is 11.4 Å². The molecule has 4 rings (SSSR count). The molecule has 1 aliphatic carbocycles. The second-order valence-corrected chi connectivity index (χ2v) is 6.24. The highest BCUT2D eigenvalue weighted by atomic mass is 16.4. The molecule has 0 amide bonds. The van der Waals surface area contributed by atoms with Gasteiger partial charge in [0.2, 0.25) is 11.8 Å². The number of aryl methyl sites for hydroxylation is 1. The summed E-state index contributed by atoms with van der Waals surface area (Å²) >= 11 is 0. The highest BCUT2D eigenvalue weighted by Gasteiger charge is 2.29. The molecule has 0 bridgehead atoms. The van der Waals surface area contributed by atoms with E-state index < -0.39 is 0 Å². The minimum absolute atomic E-state index is 0.696. The summed E-state index contributed by atoms with van der Waals surface area (Å²) in [5.74, 6) is 2.33. The lowest BCUT2D eigenvalue weighted by atomic mass is 10.1. The van der Waals surface area contributed by atoms with Crippen LogP contribution in [0.4, 0.5) is 11.4 Å². The number of rotatable bonds is 5. The maximum atomic E-state index is 5.67. The van der Waals surface area contributed by atoms with Gasteiger partial charge in [0.1, 0.15) is 0 Å². The first-order valence-electron chi connectivity index (χ1n) is 8.23. The van der Waals surface area contributed by atoms with Crippen molar-refractivity contribution in [1.29, 1.82) is 0 Å². The number of benzene rings is 1. The number of aromatic nitrogens is 2. The summed E-state index contributed by atoms with van der Waals surface area (Å²) in [5, 5.41) is 8.22. The molecule has 2 heterocycles. The van der Waals surface area contributed by atoms with Crippen LogP contribution in [0.15, 0.2) is 28.7 Å². The number of hydrogen-bond acceptors (Lipinski definition) is 5. The van der Waals surface area contributed by atoms with Gasteiger partial charge in [0.05, 0.1) is 17.9 Å². The first-order valence-corrected chi connectivity index (χ1v) is 8.23. The predicted octanol–water partition coefficient (Wildman–Crippen LogP) is 2.87. The minimum atomic E-state index is 0.696. The molecule has 0 saturated heterocycles. The second-order valence-electron chi connectivity index (χ2n) is 6.24. The van der Waals surface area contributed by atoms with Gasteiger partial charge < -0.3 is 14.2 Å². The molecule has 5 nitrogen and oxygen atoms in total. The van der Waals surface area contributed by atoms with Gasteiger partial charge in [-0.05, 0) is 30.9 Å². The average Bonchev–Trinajstić information content (AvgIpc) is 3.26. The average molecular weight is 298 g/mol. The van der Waals surface area contributed by atoms with Crippen molar-refractivity contribution in [2.24, 2.45) is 5.92 Å². The Kier molecular flexibility index (Phi) is 3.48. The molecule has 22 heavy (non-hydrogen) atoms.